The molecule has 7 heteroatoms. The van der Waals surface area contributed by atoms with E-state index >= 15 is 0 Å². The third-order valence-corrected chi connectivity index (χ3v) is 5.48. The van der Waals surface area contributed by atoms with Crippen LogP contribution in [0.2, 0.25) is 0 Å². The van der Waals surface area contributed by atoms with Crippen molar-refractivity contribution in [3.8, 4) is 11.1 Å². The Kier molecular flexibility index (Phi) is 5.38. The average Bonchev–Trinajstić information content (AvgIpc) is 3.05. The molecule has 1 saturated heterocycles. The smallest absolute Gasteiger partial charge is 0.244 e. The molecular weight excluding hydrogens is 364 g/mol. The molecule has 4 heterocycles. The molecule has 4 rings (SSSR count). The normalized spacial score (nSPS) is 16.8. The van der Waals surface area contributed by atoms with Crippen molar-refractivity contribution in [2.24, 2.45) is 0 Å². The quantitative estimate of drug-likeness (QED) is 0.684. The molecule has 1 fully saturated rings. The van der Waals surface area contributed by atoms with Crippen LogP contribution in [-0.4, -0.2) is 48.6 Å². The molecule has 1 aliphatic heterocycles. The first kappa shape index (κ1) is 19.2. The van der Waals surface area contributed by atoms with E-state index in [-0.39, 0.29) is 18.4 Å². The summed E-state index contributed by atoms with van der Waals surface area (Å²) >= 11 is 0. The van der Waals surface area contributed by atoms with Gasteiger partial charge in [-0.05, 0) is 57.4 Å². The van der Waals surface area contributed by atoms with Gasteiger partial charge in [-0.3, -0.25) is 14.5 Å². The molecule has 1 atom stereocenters. The molecule has 1 unspecified atom stereocenters. The van der Waals surface area contributed by atoms with E-state index in [0.29, 0.717) is 6.54 Å². The second kappa shape index (κ2) is 8.11. The lowest BCUT2D eigenvalue weighted by molar-refractivity contribution is -0.133. The minimum atomic E-state index is 0.108. The van der Waals surface area contributed by atoms with Crippen molar-refractivity contribution >= 4 is 5.91 Å². The van der Waals surface area contributed by atoms with Gasteiger partial charge in [0.05, 0.1) is 11.4 Å². The van der Waals surface area contributed by atoms with E-state index < -0.39 is 0 Å². The SMILES string of the molecule is Cc1cc(C)n(CC(=O)N2CCCC(c3nc(C)ncc3-c3ccncc3)C2)n1. The van der Waals surface area contributed by atoms with Gasteiger partial charge in [0.25, 0.3) is 0 Å². The Morgan fingerprint density at radius 2 is 2.00 bits per heavy atom. The number of hydrogen-bond donors (Lipinski definition) is 0. The number of amides is 1. The molecule has 7 nitrogen and oxygen atoms in total. The van der Waals surface area contributed by atoms with Crippen molar-refractivity contribution in [2.75, 3.05) is 13.1 Å². The zero-order chi connectivity index (χ0) is 20.4. The predicted molar refractivity (Wildman–Crippen MR) is 110 cm³/mol. The maximum atomic E-state index is 13.0. The summed E-state index contributed by atoms with van der Waals surface area (Å²) in [6.45, 7) is 7.58. The highest BCUT2D eigenvalue weighted by molar-refractivity contribution is 5.76. The first-order valence-corrected chi connectivity index (χ1v) is 10.0. The van der Waals surface area contributed by atoms with E-state index in [0.717, 1.165) is 53.4 Å². The minimum Gasteiger partial charge on any atom is -0.340 e. The fraction of sp³-hybridized carbons (Fsp3) is 0.409. The monoisotopic (exact) mass is 390 g/mol. The topological polar surface area (TPSA) is 76.8 Å². The van der Waals surface area contributed by atoms with E-state index in [1.165, 1.54) is 0 Å². The van der Waals surface area contributed by atoms with E-state index in [1.54, 1.807) is 17.1 Å². The summed E-state index contributed by atoms with van der Waals surface area (Å²) in [4.78, 5) is 28.2. The lowest BCUT2D eigenvalue weighted by Crippen LogP contribution is -2.41. The molecule has 1 aliphatic rings. The van der Waals surface area contributed by atoms with Gasteiger partial charge in [-0.25, -0.2) is 9.97 Å². The number of nitrogens with zero attached hydrogens (tertiary/aromatic N) is 6. The van der Waals surface area contributed by atoms with Crippen molar-refractivity contribution < 1.29 is 4.79 Å². The van der Waals surface area contributed by atoms with Crippen molar-refractivity contribution in [2.45, 2.75) is 46.1 Å². The molecule has 0 bridgehead atoms. The van der Waals surface area contributed by atoms with Crippen molar-refractivity contribution in [1.29, 1.82) is 0 Å². The number of hydrogen-bond acceptors (Lipinski definition) is 5. The second-order valence-electron chi connectivity index (χ2n) is 7.72. The van der Waals surface area contributed by atoms with E-state index in [2.05, 4.69) is 15.1 Å². The molecular formula is C22H26N6O. The molecule has 0 spiro atoms. The van der Waals surface area contributed by atoms with Crippen molar-refractivity contribution in [3.05, 3.63) is 59.7 Å². The fourth-order valence-corrected chi connectivity index (χ4v) is 4.04. The Labute approximate surface area is 170 Å². The summed E-state index contributed by atoms with van der Waals surface area (Å²) in [5.74, 6) is 1.05. The molecule has 3 aromatic heterocycles. The maximum Gasteiger partial charge on any atom is 0.244 e. The average molecular weight is 390 g/mol. The second-order valence-corrected chi connectivity index (χ2v) is 7.72. The number of carbonyl (C=O) groups is 1. The number of pyridine rings is 1. The number of aromatic nitrogens is 5. The van der Waals surface area contributed by atoms with Crippen LogP contribution in [0.15, 0.2) is 36.8 Å². The van der Waals surface area contributed by atoms with Gasteiger partial charge in [0.1, 0.15) is 12.4 Å². The third kappa shape index (κ3) is 4.18. The Morgan fingerprint density at radius 1 is 1.21 bits per heavy atom. The number of piperidine rings is 1. The minimum absolute atomic E-state index is 0.108. The highest BCUT2D eigenvalue weighted by Gasteiger charge is 2.28. The van der Waals surface area contributed by atoms with Gasteiger partial charge in [-0.15, -0.1) is 0 Å². The van der Waals surface area contributed by atoms with Crippen LogP contribution in [0.1, 0.15) is 41.7 Å². The molecule has 0 saturated carbocycles. The number of aryl methyl sites for hydroxylation is 3. The number of likely N-dealkylation sites (tertiary alicyclic amines) is 1. The molecule has 150 valence electrons. The molecule has 0 aliphatic carbocycles. The van der Waals surface area contributed by atoms with Crippen LogP contribution in [-0.2, 0) is 11.3 Å². The van der Waals surface area contributed by atoms with Gasteiger partial charge >= 0.3 is 0 Å². The van der Waals surface area contributed by atoms with E-state index in [1.807, 2.05) is 50.1 Å². The van der Waals surface area contributed by atoms with Gasteiger partial charge in [0, 0.05) is 48.9 Å². The van der Waals surface area contributed by atoms with E-state index in [9.17, 15) is 4.79 Å². The zero-order valence-corrected chi connectivity index (χ0v) is 17.2. The summed E-state index contributed by atoms with van der Waals surface area (Å²) in [6, 6.07) is 5.95. The molecule has 3 aromatic rings. The summed E-state index contributed by atoms with van der Waals surface area (Å²) in [7, 11) is 0. The highest BCUT2D eigenvalue weighted by atomic mass is 16.2. The number of rotatable bonds is 4. The molecule has 1 amide bonds. The summed E-state index contributed by atoms with van der Waals surface area (Å²) in [5, 5.41) is 4.43. The Hall–Kier alpha value is -3.09. The van der Waals surface area contributed by atoms with Crippen LogP contribution in [0.3, 0.4) is 0 Å². The number of carbonyl (C=O) groups excluding carboxylic acids is 1. The van der Waals surface area contributed by atoms with Crippen LogP contribution < -0.4 is 0 Å². The standard InChI is InChI=1S/C22H26N6O/c1-15-11-16(2)28(26-15)14-21(29)27-10-4-5-19(13-27)22-20(12-24-17(3)25-22)18-6-8-23-9-7-18/h6-9,11-12,19H,4-5,10,13-14H2,1-3H3. The first-order valence-electron chi connectivity index (χ1n) is 10.0. The van der Waals surface area contributed by atoms with Crippen molar-refractivity contribution in [1.82, 2.24) is 29.6 Å². The van der Waals surface area contributed by atoms with Gasteiger partial charge in [-0.1, -0.05) is 0 Å². The largest absolute Gasteiger partial charge is 0.340 e. The van der Waals surface area contributed by atoms with Crippen LogP contribution in [0.25, 0.3) is 11.1 Å². The van der Waals surface area contributed by atoms with Crippen molar-refractivity contribution in [3.63, 3.8) is 0 Å². The molecule has 0 aromatic carbocycles. The first-order chi connectivity index (χ1) is 14.0. The lowest BCUT2D eigenvalue weighted by atomic mass is 9.90. The van der Waals surface area contributed by atoms with Crippen LogP contribution in [0.5, 0.6) is 0 Å². The van der Waals surface area contributed by atoms with E-state index in [4.69, 9.17) is 4.98 Å². The van der Waals surface area contributed by atoms with Crippen LogP contribution in [0, 0.1) is 20.8 Å². The lowest BCUT2D eigenvalue weighted by Gasteiger charge is -2.33. The fourth-order valence-electron chi connectivity index (χ4n) is 4.04. The van der Waals surface area contributed by atoms with Gasteiger partial charge in [0.2, 0.25) is 5.91 Å². The Morgan fingerprint density at radius 3 is 2.72 bits per heavy atom. The Bertz CT molecular complexity index is 1010. The highest BCUT2D eigenvalue weighted by Crippen LogP contribution is 2.32. The maximum absolute atomic E-state index is 13.0. The molecule has 0 N–H and O–H groups in total. The summed E-state index contributed by atoms with van der Waals surface area (Å²) < 4.78 is 1.79. The van der Waals surface area contributed by atoms with Gasteiger partial charge < -0.3 is 4.90 Å². The zero-order valence-electron chi connectivity index (χ0n) is 17.2. The Balaban J connectivity index is 1.56. The summed E-state index contributed by atoms with van der Waals surface area (Å²) in [6.07, 6.45) is 7.43. The molecule has 29 heavy (non-hydrogen) atoms. The summed E-state index contributed by atoms with van der Waals surface area (Å²) in [5.41, 5.74) is 5.05. The predicted octanol–water partition coefficient (Wildman–Crippen LogP) is 3.07. The van der Waals surface area contributed by atoms with Crippen LogP contribution >= 0.6 is 0 Å². The van der Waals surface area contributed by atoms with Crippen LogP contribution in [0.4, 0.5) is 0 Å². The van der Waals surface area contributed by atoms with Gasteiger partial charge in [-0.2, -0.15) is 5.10 Å². The third-order valence-electron chi connectivity index (χ3n) is 5.48. The molecule has 0 radical (unpaired) electrons. The van der Waals surface area contributed by atoms with Gasteiger partial charge in [0.15, 0.2) is 0 Å².